The fourth-order valence-electron chi connectivity index (χ4n) is 5.66. The molecule has 0 aliphatic carbocycles. The highest BCUT2D eigenvalue weighted by Crippen LogP contribution is 2.42. The molecule has 0 radical (unpaired) electrons. The van der Waals surface area contributed by atoms with Gasteiger partial charge in [-0.1, -0.05) is 62.8 Å². The van der Waals surface area contributed by atoms with E-state index in [4.69, 9.17) is 28.4 Å². The molecule has 2 aliphatic heterocycles. The Labute approximate surface area is 242 Å². The van der Waals surface area contributed by atoms with Crippen LogP contribution in [0.4, 0.5) is 4.79 Å². The number of aliphatic hydroxyl groups excluding tert-OH is 1. The van der Waals surface area contributed by atoms with Crippen LogP contribution in [0, 0.1) is 17.8 Å². The van der Waals surface area contributed by atoms with E-state index >= 15 is 0 Å². The number of ether oxygens (including phenoxy) is 6. The van der Waals surface area contributed by atoms with Crippen molar-refractivity contribution in [2.75, 3.05) is 20.8 Å². The van der Waals surface area contributed by atoms with Crippen molar-refractivity contribution < 1.29 is 48.2 Å². The topological polar surface area (TPSA) is 130 Å². The van der Waals surface area contributed by atoms with E-state index in [2.05, 4.69) is 0 Å². The molecule has 2 bridgehead atoms. The molecular formula is C31H46O10. The second kappa shape index (κ2) is 15.1. The number of fused-ring (bicyclic) bond motifs is 2. The predicted octanol–water partition coefficient (Wildman–Crippen LogP) is 4.33. The Balaban J connectivity index is 2.05. The van der Waals surface area contributed by atoms with E-state index in [9.17, 15) is 19.8 Å². The van der Waals surface area contributed by atoms with E-state index in [0.29, 0.717) is 6.42 Å². The van der Waals surface area contributed by atoms with Gasteiger partial charge in [0.1, 0.15) is 24.2 Å². The minimum Gasteiger partial charge on any atom is -0.457 e. The molecule has 1 aromatic rings. The Morgan fingerprint density at radius 2 is 1.73 bits per heavy atom. The molecule has 2 N–H and O–H groups in total. The van der Waals surface area contributed by atoms with Crippen molar-refractivity contribution in [2.24, 2.45) is 17.8 Å². The average Bonchev–Trinajstić information content (AvgIpc) is 2.97. The number of hydrogen-bond acceptors (Lipinski definition) is 10. The molecule has 0 aromatic heterocycles. The average molecular weight is 579 g/mol. The number of carbonyl (C=O) groups excluding carboxylic acids is 2. The normalized spacial score (nSPS) is 38.0. The molecule has 1 fully saturated rings. The van der Waals surface area contributed by atoms with Gasteiger partial charge in [0.2, 0.25) is 5.79 Å². The summed E-state index contributed by atoms with van der Waals surface area (Å²) >= 11 is 0. The molecule has 0 unspecified atom stereocenters. The number of methoxy groups -OCH3 is 2. The summed E-state index contributed by atoms with van der Waals surface area (Å²) in [7, 11) is 3.27. The van der Waals surface area contributed by atoms with E-state index in [1.54, 1.807) is 28.1 Å². The van der Waals surface area contributed by atoms with Gasteiger partial charge in [0.05, 0.1) is 18.8 Å². The molecule has 10 heteroatoms. The molecule has 1 saturated heterocycles. The zero-order valence-electron chi connectivity index (χ0n) is 24.9. The van der Waals surface area contributed by atoms with Crippen LogP contribution in [-0.4, -0.2) is 79.5 Å². The van der Waals surface area contributed by atoms with E-state index in [-0.39, 0.29) is 24.7 Å². The van der Waals surface area contributed by atoms with Crippen molar-refractivity contribution in [3.05, 3.63) is 48.0 Å². The van der Waals surface area contributed by atoms with Crippen LogP contribution in [0.2, 0.25) is 0 Å². The molecule has 0 amide bonds. The largest absolute Gasteiger partial charge is 0.508 e. The maximum atomic E-state index is 13.6. The molecule has 0 saturated carbocycles. The summed E-state index contributed by atoms with van der Waals surface area (Å²) in [6.45, 7) is 6.69. The van der Waals surface area contributed by atoms with Gasteiger partial charge in [-0.05, 0) is 38.7 Å². The monoisotopic (exact) mass is 578 g/mol. The van der Waals surface area contributed by atoms with Crippen LogP contribution < -0.4 is 0 Å². The highest BCUT2D eigenvalue weighted by atomic mass is 16.8. The first-order valence-corrected chi connectivity index (χ1v) is 14.5. The lowest BCUT2D eigenvalue weighted by Crippen LogP contribution is -2.67. The quantitative estimate of drug-likeness (QED) is 0.385. The molecular weight excluding hydrogens is 532 g/mol. The maximum Gasteiger partial charge on any atom is 0.508 e. The SMILES string of the molecule is CCOC(=O)O[C@H]1[C@@H](O)[C@H](C)[C@H]2O[C@]1(O)[C@H](C)C(=O)O[C@H](c1ccccc1)CCCC[C@H](OC)[C@H](OC)/C=C/[C@@H]2C. The van der Waals surface area contributed by atoms with Crippen molar-refractivity contribution in [1.29, 1.82) is 0 Å². The Kier molecular flexibility index (Phi) is 12.2. The first kappa shape index (κ1) is 33.0. The van der Waals surface area contributed by atoms with Crippen LogP contribution in [0.1, 0.15) is 65.0 Å². The van der Waals surface area contributed by atoms with Crippen molar-refractivity contribution in [3.63, 3.8) is 0 Å². The van der Waals surface area contributed by atoms with Crippen LogP contribution in [0.15, 0.2) is 42.5 Å². The fourth-order valence-corrected chi connectivity index (χ4v) is 5.66. The lowest BCUT2D eigenvalue weighted by atomic mass is 9.78. The molecule has 10 nitrogen and oxygen atoms in total. The number of esters is 1. The number of aliphatic hydroxyl groups is 2. The van der Waals surface area contributed by atoms with Crippen LogP contribution in [-0.2, 0) is 33.2 Å². The molecule has 2 aliphatic rings. The second-order valence-corrected chi connectivity index (χ2v) is 11.0. The molecule has 0 spiro atoms. The van der Waals surface area contributed by atoms with E-state index in [0.717, 1.165) is 24.8 Å². The zero-order chi connectivity index (χ0) is 30.2. The molecule has 10 atom stereocenters. The lowest BCUT2D eigenvalue weighted by Gasteiger charge is -2.50. The minimum absolute atomic E-state index is 0.0282. The standard InChI is InChI=1S/C31H46O10/c1-7-38-30(34)40-28-26(32)20(3)27-19(2)17-18-25(37-6)24(36-5)16-12-11-15-23(22-13-9-8-10-14-22)39-29(33)21(4)31(28,35)41-27/h8-10,13-14,17-21,23-28,32,35H,7,11-12,15-16H2,1-6H3/b18-17+/t19-,20-,21+,23-,24-,25+,26-,27-,28-,31+/m0/s1. The highest BCUT2D eigenvalue weighted by molar-refractivity contribution is 5.74. The first-order chi connectivity index (χ1) is 19.6. The third kappa shape index (κ3) is 7.87. The number of carbonyl (C=O) groups is 2. The Morgan fingerprint density at radius 1 is 1.05 bits per heavy atom. The van der Waals surface area contributed by atoms with Gasteiger partial charge < -0.3 is 38.6 Å². The smallest absolute Gasteiger partial charge is 0.457 e. The van der Waals surface area contributed by atoms with Crippen molar-refractivity contribution in [2.45, 2.75) is 95.8 Å². The third-order valence-electron chi connectivity index (χ3n) is 8.26. The summed E-state index contributed by atoms with van der Waals surface area (Å²) in [5.41, 5.74) is 0.811. The summed E-state index contributed by atoms with van der Waals surface area (Å²) in [6, 6.07) is 9.38. The minimum atomic E-state index is -2.41. The Morgan fingerprint density at radius 3 is 2.37 bits per heavy atom. The van der Waals surface area contributed by atoms with Gasteiger partial charge in [-0.2, -0.15) is 0 Å². The number of hydrogen-bond donors (Lipinski definition) is 2. The van der Waals surface area contributed by atoms with Crippen molar-refractivity contribution in [1.82, 2.24) is 0 Å². The fraction of sp³-hybridized carbons (Fsp3) is 0.677. The van der Waals surface area contributed by atoms with Crippen LogP contribution in [0.5, 0.6) is 0 Å². The predicted molar refractivity (Wildman–Crippen MR) is 150 cm³/mol. The van der Waals surface area contributed by atoms with Gasteiger partial charge in [-0.3, -0.25) is 4.79 Å². The number of rotatable bonds is 5. The Hall–Kier alpha value is -2.50. The number of cyclic esters (lactones) is 1. The van der Waals surface area contributed by atoms with Gasteiger partial charge >= 0.3 is 12.1 Å². The van der Waals surface area contributed by atoms with Crippen molar-refractivity contribution >= 4 is 12.1 Å². The molecule has 3 rings (SSSR count). The van der Waals surface area contributed by atoms with E-state index in [1.807, 2.05) is 49.4 Å². The Bertz CT molecular complexity index is 1000. The van der Waals surface area contributed by atoms with E-state index in [1.165, 1.54) is 6.92 Å². The van der Waals surface area contributed by atoms with Gasteiger partial charge in [0.15, 0.2) is 6.10 Å². The van der Waals surface area contributed by atoms with Gasteiger partial charge in [0, 0.05) is 26.1 Å². The van der Waals surface area contributed by atoms with Crippen LogP contribution in [0.25, 0.3) is 0 Å². The van der Waals surface area contributed by atoms with Gasteiger partial charge in [0.25, 0.3) is 0 Å². The third-order valence-corrected chi connectivity index (χ3v) is 8.26. The molecule has 230 valence electrons. The summed E-state index contributed by atoms with van der Waals surface area (Å²) in [5, 5.41) is 23.3. The lowest BCUT2D eigenvalue weighted by molar-refractivity contribution is -0.356. The first-order valence-electron chi connectivity index (χ1n) is 14.5. The number of benzene rings is 1. The summed E-state index contributed by atoms with van der Waals surface area (Å²) in [6.07, 6.45) is 0.673. The summed E-state index contributed by atoms with van der Waals surface area (Å²) in [4.78, 5) is 26.0. The molecule has 41 heavy (non-hydrogen) atoms. The highest BCUT2D eigenvalue weighted by Gasteiger charge is 2.60. The van der Waals surface area contributed by atoms with Gasteiger partial charge in [-0.15, -0.1) is 0 Å². The van der Waals surface area contributed by atoms with Crippen molar-refractivity contribution in [3.8, 4) is 0 Å². The van der Waals surface area contributed by atoms with Crippen LogP contribution in [0.3, 0.4) is 0 Å². The maximum absolute atomic E-state index is 13.6. The second-order valence-electron chi connectivity index (χ2n) is 11.0. The summed E-state index contributed by atoms with van der Waals surface area (Å²) in [5.74, 6) is -5.41. The molecule has 2 heterocycles. The molecule has 1 aromatic carbocycles. The zero-order valence-corrected chi connectivity index (χ0v) is 24.9. The van der Waals surface area contributed by atoms with E-state index < -0.39 is 54.2 Å². The summed E-state index contributed by atoms with van der Waals surface area (Å²) < 4.78 is 34.0. The van der Waals surface area contributed by atoms with Crippen LogP contribution >= 0.6 is 0 Å². The van der Waals surface area contributed by atoms with Gasteiger partial charge in [-0.25, -0.2) is 4.79 Å².